The third kappa shape index (κ3) is 3.49. The van der Waals surface area contributed by atoms with Gasteiger partial charge >= 0.3 is 6.09 Å². The smallest absolute Gasteiger partial charge is 0.407 e. The Balaban J connectivity index is 1.36. The van der Waals surface area contributed by atoms with E-state index in [0.717, 1.165) is 29.5 Å². The van der Waals surface area contributed by atoms with Gasteiger partial charge in [-0.25, -0.2) is 14.8 Å². The number of hydrogen-bond acceptors (Lipinski definition) is 7. The van der Waals surface area contributed by atoms with E-state index >= 15 is 0 Å². The first-order valence-electron chi connectivity index (χ1n) is 12.6. The number of benzene rings is 1. The van der Waals surface area contributed by atoms with Crippen LogP contribution < -0.4 is 10.2 Å². The number of nitrogens with one attached hydrogen (secondary N) is 2. The zero-order chi connectivity index (χ0) is 26.0. The van der Waals surface area contributed by atoms with E-state index in [0.29, 0.717) is 59.9 Å². The molecule has 1 spiro atoms. The first-order chi connectivity index (χ1) is 18.4. The first-order valence-corrected chi connectivity index (χ1v) is 13.5. The summed E-state index contributed by atoms with van der Waals surface area (Å²) in [5.41, 5.74) is 3.09. The lowest BCUT2D eigenvalue weighted by Gasteiger charge is -2.39. The third-order valence-corrected chi connectivity index (χ3v) is 8.91. The summed E-state index contributed by atoms with van der Waals surface area (Å²) in [7, 11) is 0. The van der Waals surface area contributed by atoms with Gasteiger partial charge in [0.2, 0.25) is 5.95 Å². The second kappa shape index (κ2) is 8.38. The number of hydrogen-bond donors (Lipinski definition) is 3. The predicted octanol–water partition coefficient (Wildman–Crippen LogP) is 3.71. The fourth-order valence-corrected chi connectivity index (χ4v) is 7.06. The predicted molar refractivity (Wildman–Crippen MR) is 144 cm³/mol. The molecule has 1 unspecified atom stereocenters. The van der Waals surface area contributed by atoms with Crippen LogP contribution in [0, 0.1) is 5.41 Å². The van der Waals surface area contributed by atoms with Crippen LogP contribution in [0.3, 0.4) is 0 Å². The molecule has 0 bridgehead atoms. The summed E-state index contributed by atoms with van der Waals surface area (Å²) >= 11 is 1.51. The number of H-pyrrole nitrogens is 1. The Bertz CT molecular complexity index is 1690. The van der Waals surface area contributed by atoms with Gasteiger partial charge in [-0.15, -0.1) is 11.3 Å². The standard InChI is InChI=1S/C27H24N6O4S/c34-23-19(16-12-28-18-6-11-38-22(16)18)20(24(35)31-23)21-15-4-1-2-5-17(15)29-25(30-21)32-10-8-27(13-32)7-3-9-33(14-27)26(36)37/h1-2,4-6,11-12,28H,3,7-10,13-14H2,(H,36,37)(H,31,34,35). The van der Waals surface area contributed by atoms with E-state index < -0.39 is 17.9 Å². The molecule has 1 atom stereocenters. The van der Waals surface area contributed by atoms with E-state index in [1.54, 1.807) is 6.20 Å². The van der Waals surface area contributed by atoms with Gasteiger partial charge in [-0.1, -0.05) is 18.2 Å². The highest BCUT2D eigenvalue weighted by Crippen LogP contribution is 2.42. The topological polar surface area (TPSA) is 132 Å². The molecule has 3 amide bonds. The minimum Gasteiger partial charge on any atom is -0.465 e. The number of para-hydroxylation sites is 1. The van der Waals surface area contributed by atoms with Crippen LogP contribution in [0.4, 0.5) is 10.7 Å². The summed E-state index contributed by atoms with van der Waals surface area (Å²) in [6, 6.07) is 9.44. The van der Waals surface area contributed by atoms with Crippen molar-refractivity contribution in [1.29, 1.82) is 0 Å². The lowest BCUT2D eigenvalue weighted by Crippen LogP contribution is -2.47. The summed E-state index contributed by atoms with van der Waals surface area (Å²) in [6.45, 7) is 2.38. The number of thiophene rings is 1. The van der Waals surface area contributed by atoms with Crippen LogP contribution in [-0.4, -0.2) is 69.0 Å². The fraction of sp³-hybridized carbons (Fsp3) is 0.296. The van der Waals surface area contributed by atoms with Crippen molar-refractivity contribution in [3.8, 4) is 0 Å². The third-order valence-electron chi connectivity index (χ3n) is 7.96. The number of piperidine rings is 1. The van der Waals surface area contributed by atoms with Crippen molar-refractivity contribution >= 4 is 67.5 Å². The number of aromatic amines is 1. The van der Waals surface area contributed by atoms with E-state index in [1.165, 1.54) is 16.2 Å². The van der Waals surface area contributed by atoms with Gasteiger partial charge in [-0.3, -0.25) is 14.9 Å². The number of amides is 3. The molecule has 2 fully saturated rings. The molecule has 3 aliphatic heterocycles. The van der Waals surface area contributed by atoms with E-state index in [2.05, 4.69) is 15.2 Å². The molecule has 7 rings (SSSR count). The number of rotatable bonds is 3. The maximum Gasteiger partial charge on any atom is 0.407 e. The Kier molecular flexibility index (Phi) is 5.05. The van der Waals surface area contributed by atoms with Crippen LogP contribution in [-0.2, 0) is 9.59 Å². The van der Waals surface area contributed by atoms with Crippen LogP contribution in [0.25, 0.3) is 32.3 Å². The molecule has 192 valence electrons. The molecule has 6 heterocycles. The Hall–Kier alpha value is -4.25. The lowest BCUT2D eigenvalue weighted by molar-refractivity contribution is -0.122. The fourth-order valence-electron chi connectivity index (χ4n) is 6.18. The van der Waals surface area contributed by atoms with Crippen molar-refractivity contribution in [3.63, 3.8) is 0 Å². The van der Waals surface area contributed by atoms with Gasteiger partial charge in [0.05, 0.1) is 32.6 Å². The molecule has 10 nitrogen and oxygen atoms in total. The van der Waals surface area contributed by atoms with Crippen molar-refractivity contribution in [1.82, 2.24) is 25.2 Å². The van der Waals surface area contributed by atoms with E-state index in [-0.39, 0.29) is 11.0 Å². The molecule has 0 saturated carbocycles. The molecule has 3 N–H and O–H groups in total. The van der Waals surface area contributed by atoms with Gasteiger partial charge in [0.1, 0.15) is 0 Å². The number of fused-ring (bicyclic) bond motifs is 2. The van der Waals surface area contributed by atoms with Crippen LogP contribution in [0.5, 0.6) is 0 Å². The monoisotopic (exact) mass is 528 g/mol. The second-order valence-corrected chi connectivity index (χ2v) is 11.2. The SMILES string of the molecule is O=C1NC(=O)C(c2c[nH]c3ccsc23)=C1c1nc(N2CCC3(CCCN(C(=O)O)C3)C2)nc2ccccc12. The molecule has 38 heavy (non-hydrogen) atoms. The number of nitrogens with zero attached hydrogens (tertiary/aromatic N) is 4. The summed E-state index contributed by atoms with van der Waals surface area (Å²) in [6.07, 6.45) is 3.50. The van der Waals surface area contributed by atoms with Crippen molar-refractivity contribution < 1.29 is 19.5 Å². The minimum absolute atomic E-state index is 0.146. The Morgan fingerprint density at radius 1 is 1.03 bits per heavy atom. The summed E-state index contributed by atoms with van der Waals surface area (Å²) in [4.78, 5) is 54.5. The van der Waals surface area contributed by atoms with E-state index in [1.807, 2.05) is 35.7 Å². The minimum atomic E-state index is -0.882. The Labute approximate surface area is 221 Å². The molecular weight excluding hydrogens is 504 g/mol. The number of carboxylic acid groups (broad SMARTS) is 1. The number of carbonyl (C=O) groups is 3. The lowest BCUT2D eigenvalue weighted by atomic mass is 9.79. The van der Waals surface area contributed by atoms with Gasteiger partial charge in [-0.05, 0) is 36.8 Å². The molecule has 11 heteroatoms. The average molecular weight is 529 g/mol. The van der Waals surface area contributed by atoms with E-state index in [4.69, 9.17) is 9.97 Å². The number of carbonyl (C=O) groups excluding carboxylic acids is 2. The highest BCUT2D eigenvalue weighted by atomic mass is 32.1. The van der Waals surface area contributed by atoms with Crippen molar-refractivity contribution in [3.05, 3.63) is 53.2 Å². The number of anilines is 1. The van der Waals surface area contributed by atoms with Crippen molar-refractivity contribution in [2.24, 2.45) is 5.41 Å². The van der Waals surface area contributed by atoms with Crippen LogP contribution in [0.2, 0.25) is 0 Å². The summed E-state index contributed by atoms with van der Waals surface area (Å²) < 4.78 is 0.905. The summed E-state index contributed by atoms with van der Waals surface area (Å²) in [5, 5.41) is 14.7. The molecule has 1 aromatic carbocycles. The van der Waals surface area contributed by atoms with Gasteiger partial charge < -0.3 is 19.9 Å². The molecule has 0 aliphatic carbocycles. The Morgan fingerprint density at radius 3 is 2.74 bits per heavy atom. The van der Waals surface area contributed by atoms with Crippen LogP contribution in [0.15, 0.2) is 41.9 Å². The zero-order valence-electron chi connectivity index (χ0n) is 20.4. The molecule has 3 aliphatic rings. The van der Waals surface area contributed by atoms with Crippen LogP contribution in [0.1, 0.15) is 30.5 Å². The molecular formula is C27H24N6O4S. The van der Waals surface area contributed by atoms with Gasteiger partial charge in [0.15, 0.2) is 0 Å². The number of likely N-dealkylation sites (tertiary alicyclic amines) is 1. The Morgan fingerprint density at radius 2 is 1.87 bits per heavy atom. The zero-order valence-corrected chi connectivity index (χ0v) is 21.2. The molecule has 0 radical (unpaired) electrons. The van der Waals surface area contributed by atoms with Crippen LogP contribution >= 0.6 is 11.3 Å². The average Bonchev–Trinajstić information content (AvgIpc) is 3.68. The number of aromatic nitrogens is 3. The molecule has 3 aromatic heterocycles. The molecule has 4 aromatic rings. The van der Waals surface area contributed by atoms with Crippen molar-refractivity contribution in [2.45, 2.75) is 19.3 Å². The first kappa shape index (κ1) is 22.9. The quantitative estimate of drug-likeness (QED) is 0.346. The second-order valence-electron chi connectivity index (χ2n) is 10.3. The summed E-state index contributed by atoms with van der Waals surface area (Å²) in [5.74, 6) is -0.440. The maximum absolute atomic E-state index is 13.3. The van der Waals surface area contributed by atoms with Gasteiger partial charge in [0.25, 0.3) is 11.8 Å². The highest BCUT2D eigenvalue weighted by molar-refractivity contribution is 7.17. The normalized spacial score (nSPS) is 21.9. The number of imide groups is 1. The van der Waals surface area contributed by atoms with Gasteiger partial charge in [0, 0.05) is 48.7 Å². The molecule has 2 saturated heterocycles. The van der Waals surface area contributed by atoms with Gasteiger partial charge in [-0.2, -0.15) is 0 Å². The van der Waals surface area contributed by atoms with E-state index in [9.17, 15) is 19.5 Å². The largest absolute Gasteiger partial charge is 0.465 e. The maximum atomic E-state index is 13.3. The van der Waals surface area contributed by atoms with Crippen molar-refractivity contribution in [2.75, 3.05) is 31.1 Å². The highest BCUT2D eigenvalue weighted by Gasteiger charge is 2.44.